The molecule has 1 saturated carbocycles. The fraction of sp³-hybridized carbons (Fsp3) is 0.412. The van der Waals surface area contributed by atoms with Gasteiger partial charge in [0, 0.05) is 35.6 Å². The zero-order valence-electron chi connectivity index (χ0n) is 11.8. The molecule has 3 heteroatoms. The Hall–Kier alpha value is -1.58. The van der Waals surface area contributed by atoms with Crippen LogP contribution in [0.5, 0.6) is 5.75 Å². The molecule has 1 aliphatic carbocycles. The topological polar surface area (TPSA) is 52.5 Å². The second-order valence-corrected chi connectivity index (χ2v) is 5.99. The van der Waals surface area contributed by atoms with Crippen molar-refractivity contribution in [3.05, 3.63) is 42.0 Å². The van der Waals surface area contributed by atoms with Crippen LogP contribution >= 0.6 is 0 Å². The van der Waals surface area contributed by atoms with Gasteiger partial charge in [0.25, 0.3) is 0 Å². The molecule has 2 aromatic carbocycles. The predicted octanol–water partition coefficient (Wildman–Crippen LogP) is 2.97. The van der Waals surface area contributed by atoms with E-state index in [1.807, 2.05) is 36.4 Å². The van der Waals surface area contributed by atoms with E-state index >= 15 is 0 Å². The SMILES string of the molecule is CC(NCC1(CO)CC1)c1ccc2ccccc2c1O. The summed E-state index contributed by atoms with van der Waals surface area (Å²) in [5.74, 6) is 0.358. The van der Waals surface area contributed by atoms with E-state index in [1.165, 1.54) is 0 Å². The number of rotatable bonds is 5. The molecule has 0 spiro atoms. The highest BCUT2D eigenvalue weighted by atomic mass is 16.3. The fourth-order valence-corrected chi connectivity index (χ4v) is 2.67. The van der Waals surface area contributed by atoms with Gasteiger partial charge in [0.1, 0.15) is 5.75 Å². The van der Waals surface area contributed by atoms with Gasteiger partial charge in [0.15, 0.2) is 0 Å². The summed E-state index contributed by atoms with van der Waals surface area (Å²) < 4.78 is 0. The van der Waals surface area contributed by atoms with Crippen molar-refractivity contribution < 1.29 is 10.2 Å². The van der Waals surface area contributed by atoms with Gasteiger partial charge in [0.2, 0.25) is 0 Å². The van der Waals surface area contributed by atoms with Crippen molar-refractivity contribution in [3.63, 3.8) is 0 Å². The molecule has 0 bridgehead atoms. The van der Waals surface area contributed by atoms with Crippen LogP contribution in [0.3, 0.4) is 0 Å². The third kappa shape index (κ3) is 2.39. The maximum absolute atomic E-state index is 10.4. The number of benzene rings is 2. The van der Waals surface area contributed by atoms with Crippen molar-refractivity contribution in [2.75, 3.05) is 13.2 Å². The van der Waals surface area contributed by atoms with Crippen molar-refractivity contribution in [2.45, 2.75) is 25.8 Å². The average Bonchev–Trinajstić information content (AvgIpc) is 3.26. The lowest BCUT2D eigenvalue weighted by atomic mass is 10.00. The van der Waals surface area contributed by atoms with Crippen molar-refractivity contribution >= 4 is 10.8 Å². The van der Waals surface area contributed by atoms with E-state index in [4.69, 9.17) is 0 Å². The molecule has 1 atom stereocenters. The van der Waals surface area contributed by atoms with Crippen LogP contribution in [0.4, 0.5) is 0 Å². The number of nitrogens with one attached hydrogen (secondary N) is 1. The van der Waals surface area contributed by atoms with Crippen LogP contribution < -0.4 is 5.32 Å². The predicted molar refractivity (Wildman–Crippen MR) is 80.8 cm³/mol. The van der Waals surface area contributed by atoms with Gasteiger partial charge in [-0.3, -0.25) is 0 Å². The van der Waals surface area contributed by atoms with E-state index in [0.29, 0.717) is 5.75 Å². The molecule has 0 radical (unpaired) electrons. The van der Waals surface area contributed by atoms with Crippen molar-refractivity contribution in [1.82, 2.24) is 5.32 Å². The number of phenolic OH excluding ortho intramolecular Hbond substituents is 1. The number of aliphatic hydroxyl groups is 1. The maximum atomic E-state index is 10.4. The smallest absolute Gasteiger partial charge is 0.128 e. The standard InChI is InChI=1S/C17H21NO2/c1-12(18-10-17(11-19)8-9-17)14-7-6-13-4-2-3-5-15(13)16(14)20/h2-7,12,18-20H,8-11H2,1H3. The number of aliphatic hydroxyl groups excluding tert-OH is 1. The molecule has 3 rings (SSSR count). The van der Waals surface area contributed by atoms with Crippen LogP contribution in [0.2, 0.25) is 0 Å². The van der Waals surface area contributed by atoms with Gasteiger partial charge < -0.3 is 15.5 Å². The number of hydrogen-bond donors (Lipinski definition) is 3. The molecule has 1 aliphatic rings. The highest BCUT2D eigenvalue weighted by Crippen LogP contribution is 2.44. The molecule has 0 heterocycles. The third-order valence-electron chi connectivity index (χ3n) is 4.47. The van der Waals surface area contributed by atoms with Crippen LogP contribution in [0.15, 0.2) is 36.4 Å². The van der Waals surface area contributed by atoms with Crippen molar-refractivity contribution in [3.8, 4) is 5.75 Å². The first kappa shape index (κ1) is 13.4. The molecule has 3 nitrogen and oxygen atoms in total. The second-order valence-electron chi connectivity index (χ2n) is 5.99. The monoisotopic (exact) mass is 271 g/mol. The lowest BCUT2D eigenvalue weighted by molar-refractivity contribution is 0.204. The zero-order valence-corrected chi connectivity index (χ0v) is 11.8. The number of hydrogen-bond acceptors (Lipinski definition) is 3. The van der Waals surface area contributed by atoms with Gasteiger partial charge in [-0.2, -0.15) is 0 Å². The molecule has 0 amide bonds. The van der Waals surface area contributed by atoms with Gasteiger partial charge in [-0.25, -0.2) is 0 Å². The molecular weight excluding hydrogens is 250 g/mol. The number of aromatic hydroxyl groups is 1. The van der Waals surface area contributed by atoms with Gasteiger partial charge >= 0.3 is 0 Å². The Morgan fingerprint density at radius 3 is 2.65 bits per heavy atom. The highest BCUT2D eigenvalue weighted by molar-refractivity contribution is 5.89. The normalized spacial score (nSPS) is 18.1. The van der Waals surface area contributed by atoms with E-state index in [1.54, 1.807) is 0 Å². The number of fused-ring (bicyclic) bond motifs is 1. The van der Waals surface area contributed by atoms with Crippen LogP contribution in [0.1, 0.15) is 31.4 Å². The molecular formula is C17H21NO2. The first-order valence-electron chi connectivity index (χ1n) is 7.20. The van der Waals surface area contributed by atoms with Crippen LogP contribution in [0.25, 0.3) is 10.8 Å². The molecule has 1 unspecified atom stereocenters. The molecule has 0 saturated heterocycles. The third-order valence-corrected chi connectivity index (χ3v) is 4.47. The summed E-state index contributed by atoms with van der Waals surface area (Å²) in [7, 11) is 0. The van der Waals surface area contributed by atoms with E-state index < -0.39 is 0 Å². The Morgan fingerprint density at radius 1 is 1.20 bits per heavy atom. The minimum atomic E-state index is 0.0728. The molecule has 3 N–H and O–H groups in total. The summed E-state index contributed by atoms with van der Waals surface area (Å²) in [6, 6.07) is 12.0. The fourth-order valence-electron chi connectivity index (χ4n) is 2.67. The first-order valence-corrected chi connectivity index (χ1v) is 7.20. The lowest BCUT2D eigenvalue weighted by Crippen LogP contribution is -2.28. The molecule has 20 heavy (non-hydrogen) atoms. The summed E-state index contributed by atoms with van der Waals surface area (Å²) in [6.45, 7) is 3.10. The number of phenols is 1. The average molecular weight is 271 g/mol. The second kappa shape index (κ2) is 5.08. The minimum Gasteiger partial charge on any atom is -0.507 e. The molecule has 1 fully saturated rings. The first-order chi connectivity index (χ1) is 9.65. The van der Waals surface area contributed by atoms with Crippen molar-refractivity contribution in [2.24, 2.45) is 5.41 Å². The largest absolute Gasteiger partial charge is 0.507 e. The van der Waals surface area contributed by atoms with E-state index in [-0.39, 0.29) is 18.1 Å². The van der Waals surface area contributed by atoms with Crippen LogP contribution in [-0.4, -0.2) is 23.4 Å². The minimum absolute atomic E-state index is 0.0728. The zero-order chi connectivity index (χ0) is 14.2. The Labute approximate surface area is 119 Å². The van der Waals surface area contributed by atoms with Crippen LogP contribution in [0, 0.1) is 5.41 Å². The van der Waals surface area contributed by atoms with E-state index in [2.05, 4.69) is 12.2 Å². The van der Waals surface area contributed by atoms with Gasteiger partial charge in [-0.15, -0.1) is 0 Å². The molecule has 0 aliphatic heterocycles. The maximum Gasteiger partial charge on any atom is 0.128 e. The Balaban J connectivity index is 1.80. The summed E-state index contributed by atoms with van der Waals surface area (Å²) >= 11 is 0. The van der Waals surface area contributed by atoms with Gasteiger partial charge in [-0.1, -0.05) is 36.4 Å². The van der Waals surface area contributed by atoms with E-state index in [9.17, 15) is 10.2 Å². The molecule has 106 valence electrons. The highest BCUT2D eigenvalue weighted by Gasteiger charge is 2.41. The van der Waals surface area contributed by atoms with Gasteiger partial charge in [0.05, 0.1) is 0 Å². The van der Waals surface area contributed by atoms with Crippen molar-refractivity contribution in [1.29, 1.82) is 0 Å². The Morgan fingerprint density at radius 2 is 1.95 bits per heavy atom. The summed E-state index contributed by atoms with van der Waals surface area (Å²) in [5, 5.41) is 25.2. The van der Waals surface area contributed by atoms with Gasteiger partial charge in [-0.05, 0) is 25.2 Å². The summed E-state index contributed by atoms with van der Waals surface area (Å²) in [6.07, 6.45) is 2.18. The quantitative estimate of drug-likeness (QED) is 0.783. The molecule has 2 aromatic rings. The lowest BCUT2D eigenvalue weighted by Gasteiger charge is -2.20. The summed E-state index contributed by atoms with van der Waals surface area (Å²) in [4.78, 5) is 0. The van der Waals surface area contributed by atoms with Crippen LogP contribution in [-0.2, 0) is 0 Å². The Kier molecular flexibility index (Phi) is 3.40. The molecule has 0 aromatic heterocycles. The van der Waals surface area contributed by atoms with E-state index in [0.717, 1.165) is 35.7 Å². The Bertz CT molecular complexity index is 619. The summed E-state index contributed by atoms with van der Waals surface area (Å²) in [5.41, 5.74) is 0.998.